The zero-order valence-corrected chi connectivity index (χ0v) is 8.07. The zero-order valence-electron chi connectivity index (χ0n) is 8.07. The van der Waals surface area contributed by atoms with Gasteiger partial charge < -0.3 is 0 Å². The van der Waals surface area contributed by atoms with Crippen molar-refractivity contribution in [2.75, 3.05) is 0 Å². The van der Waals surface area contributed by atoms with Crippen LogP contribution in [0, 0.1) is 0 Å². The summed E-state index contributed by atoms with van der Waals surface area (Å²) in [6, 6.07) is -0.0183. The summed E-state index contributed by atoms with van der Waals surface area (Å²) in [5.41, 5.74) is -0.575. The molecule has 82 valence electrons. The van der Waals surface area contributed by atoms with E-state index in [0.29, 0.717) is 6.29 Å². The second-order valence-corrected chi connectivity index (χ2v) is 3.66. The van der Waals surface area contributed by atoms with E-state index in [2.05, 4.69) is 10.3 Å². The van der Waals surface area contributed by atoms with Crippen molar-refractivity contribution in [3.05, 3.63) is 11.4 Å². The van der Waals surface area contributed by atoms with Crippen LogP contribution in [0.3, 0.4) is 0 Å². The third-order valence-electron chi connectivity index (χ3n) is 2.75. The molecule has 0 saturated heterocycles. The van der Waals surface area contributed by atoms with Gasteiger partial charge in [0.25, 0.3) is 6.43 Å². The first-order chi connectivity index (χ1) is 7.24. The van der Waals surface area contributed by atoms with Gasteiger partial charge in [-0.15, -0.1) is 5.10 Å². The van der Waals surface area contributed by atoms with Gasteiger partial charge in [-0.2, -0.15) is 0 Å². The second kappa shape index (κ2) is 4.04. The fourth-order valence-corrected chi connectivity index (χ4v) is 2.03. The molecule has 0 spiro atoms. The van der Waals surface area contributed by atoms with Crippen LogP contribution in [-0.2, 0) is 0 Å². The molecule has 6 heteroatoms. The van der Waals surface area contributed by atoms with Crippen molar-refractivity contribution in [1.29, 1.82) is 0 Å². The van der Waals surface area contributed by atoms with Crippen molar-refractivity contribution in [2.45, 2.75) is 38.2 Å². The molecule has 1 aromatic heterocycles. The molecule has 15 heavy (non-hydrogen) atoms. The van der Waals surface area contributed by atoms with Gasteiger partial charge >= 0.3 is 0 Å². The van der Waals surface area contributed by atoms with Crippen molar-refractivity contribution in [2.24, 2.45) is 0 Å². The fraction of sp³-hybridized carbons (Fsp3) is 0.667. The van der Waals surface area contributed by atoms with E-state index in [1.165, 1.54) is 4.68 Å². The maximum absolute atomic E-state index is 12.7. The minimum absolute atomic E-state index is 0.0183. The molecule has 0 aromatic carbocycles. The number of rotatable bonds is 3. The maximum Gasteiger partial charge on any atom is 0.282 e. The highest BCUT2D eigenvalue weighted by Crippen LogP contribution is 2.32. The van der Waals surface area contributed by atoms with E-state index in [9.17, 15) is 13.6 Å². The number of carbonyl (C=O) groups excluding carboxylic acids is 1. The van der Waals surface area contributed by atoms with E-state index >= 15 is 0 Å². The maximum atomic E-state index is 12.7. The summed E-state index contributed by atoms with van der Waals surface area (Å²) in [7, 11) is 0. The normalized spacial score (nSPS) is 17.5. The first-order valence-corrected chi connectivity index (χ1v) is 4.92. The Labute approximate surface area is 85.3 Å². The van der Waals surface area contributed by atoms with Crippen LogP contribution in [0.25, 0.3) is 0 Å². The van der Waals surface area contributed by atoms with Crippen LogP contribution in [0.5, 0.6) is 0 Å². The summed E-state index contributed by atoms with van der Waals surface area (Å²) in [6.07, 6.45) is 1.34. The lowest BCUT2D eigenvalue weighted by Crippen LogP contribution is -2.11. The number of hydrogen-bond acceptors (Lipinski definition) is 3. The molecule has 1 aliphatic carbocycles. The van der Waals surface area contributed by atoms with Crippen LogP contribution in [0.4, 0.5) is 8.78 Å². The molecule has 1 aromatic rings. The number of carbonyl (C=O) groups is 1. The van der Waals surface area contributed by atoms with Gasteiger partial charge in [-0.25, -0.2) is 13.5 Å². The van der Waals surface area contributed by atoms with Crippen molar-refractivity contribution < 1.29 is 13.6 Å². The number of alkyl halides is 2. The standard InChI is InChI=1S/C9H11F2N3O/c10-9(11)8-7(5-15)12-13-14(8)6-3-1-2-4-6/h5-6,9H,1-4H2. The molecule has 0 radical (unpaired) electrons. The minimum Gasteiger partial charge on any atom is -0.296 e. The van der Waals surface area contributed by atoms with Crippen LogP contribution >= 0.6 is 0 Å². The topological polar surface area (TPSA) is 47.8 Å². The molecule has 0 unspecified atom stereocenters. The minimum atomic E-state index is -2.69. The van der Waals surface area contributed by atoms with E-state index < -0.39 is 6.43 Å². The van der Waals surface area contributed by atoms with E-state index in [4.69, 9.17) is 0 Å². The van der Waals surface area contributed by atoms with E-state index in [1.807, 2.05) is 0 Å². The summed E-state index contributed by atoms with van der Waals surface area (Å²) in [5, 5.41) is 7.11. The third kappa shape index (κ3) is 1.75. The zero-order chi connectivity index (χ0) is 10.8. The molecule has 1 fully saturated rings. The number of nitrogens with zero attached hydrogens (tertiary/aromatic N) is 3. The average Bonchev–Trinajstić information content (AvgIpc) is 2.85. The van der Waals surface area contributed by atoms with Gasteiger partial charge in [0.15, 0.2) is 12.0 Å². The average molecular weight is 215 g/mol. The predicted octanol–water partition coefficient (Wildman–Crippen LogP) is 2.14. The van der Waals surface area contributed by atoms with Crippen molar-refractivity contribution >= 4 is 6.29 Å². The third-order valence-corrected chi connectivity index (χ3v) is 2.75. The molecule has 1 aliphatic rings. The summed E-state index contributed by atoms with van der Waals surface area (Å²) < 4.78 is 26.6. The smallest absolute Gasteiger partial charge is 0.282 e. The summed E-state index contributed by atoms with van der Waals surface area (Å²) in [6.45, 7) is 0. The second-order valence-electron chi connectivity index (χ2n) is 3.66. The Balaban J connectivity index is 2.37. The number of hydrogen-bond donors (Lipinski definition) is 0. The fourth-order valence-electron chi connectivity index (χ4n) is 2.03. The molecular weight excluding hydrogens is 204 g/mol. The molecule has 1 heterocycles. The molecule has 0 aliphatic heterocycles. The Bertz CT molecular complexity index is 358. The Kier molecular flexibility index (Phi) is 2.75. The van der Waals surface area contributed by atoms with E-state index in [-0.39, 0.29) is 17.4 Å². The Morgan fingerprint density at radius 1 is 1.40 bits per heavy atom. The molecular formula is C9H11F2N3O. The summed E-state index contributed by atoms with van der Waals surface area (Å²) in [5.74, 6) is 0. The van der Waals surface area contributed by atoms with Gasteiger partial charge in [0.1, 0.15) is 5.69 Å². The highest BCUT2D eigenvalue weighted by Gasteiger charge is 2.27. The Morgan fingerprint density at radius 2 is 2.07 bits per heavy atom. The van der Waals surface area contributed by atoms with Gasteiger partial charge in [-0.1, -0.05) is 18.1 Å². The van der Waals surface area contributed by atoms with Gasteiger partial charge in [-0.05, 0) is 12.8 Å². The molecule has 0 N–H and O–H groups in total. The van der Waals surface area contributed by atoms with Gasteiger partial charge in [0.2, 0.25) is 0 Å². The van der Waals surface area contributed by atoms with Crippen LogP contribution < -0.4 is 0 Å². The van der Waals surface area contributed by atoms with Gasteiger partial charge in [0.05, 0.1) is 6.04 Å². The molecule has 0 bridgehead atoms. The molecule has 0 amide bonds. The van der Waals surface area contributed by atoms with Gasteiger partial charge in [0, 0.05) is 0 Å². The lowest BCUT2D eigenvalue weighted by atomic mass is 10.2. The highest BCUT2D eigenvalue weighted by molar-refractivity contribution is 5.73. The largest absolute Gasteiger partial charge is 0.296 e. The van der Waals surface area contributed by atoms with Crippen molar-refractivity contribution in [1.82, 2.24) is 15.0 Å². The van der Waals surface area contributed by atoms with Crippen molar-refractivity contribution in [3.63, 3.8) is 0 Å². The van der Waals surface area contributed by atoms with E-state index in [1.54, 1.807) is 0 Å². The van der Waals surface area contributed by atoms with Crippen LogP contribution in [0.15, 0.2) is 0 Å². The first kappa shape index (κ1) is 10.2. The SMILES string of the molecule is O=Cc1nnn(C2CCCC2)c1C(F)F. The monoisotopic (exact) mass is 215 g/mol. The van der Waals surface area contributed by atoms with Crippen LogP contribution in [0.2, 0.25) is 0 Å². The quantitative estimate of drug-likeness (QED) is 0.726. The molecule has 2 rings (SSSR count). The van der Waals surface area contributed by atoms with Gasteiger partial charge in [-0.3, -0.25) is 4.79 Å². The summed E-state index contributed by atoms with van der Waals surface area (Å²) >= 11 is 0. The molecule has 0 atom stereocenters. The highest BCUT2D eigenvalue weighted by atomic mass is 19.3. The summed E-state index contributed by atoms with van der Waals surface area (Å²) in [4.78, 5) is 10.5. The number of aldehydes is 1. The Morgan fingerprint density at radius 3 is 2.60 bits per heavy atom. The predicted molar refractivity (Wildman–Crippen MR) is 47.9 cm³/mol. The molecule has 1 saturated carbocycles. The lowest BCUT2D eigenvalue weighted by molar-refractivity contribution is 0.109. The van der Waals surface area contributed by atoms with Crippen LogP contribution in [0.1, 0.15) is 54.3 Å². The number of halogens is 2. The lowest BCUT2D eigenvalue weighted by Gasteiger charge is -2.12. The van der Waals surface area contributed by atoms with E-state index in [0.717, 1.165) is 25.7 Å². The molecule has 4 nitrogen and oxygen atoms in total. The number of aromatic nitrogens is 3. The van der Waals surface area contributed by atoms with Crippen LogP contribution in [-0.4, -0.2) is 21.3 Å². The van der Waals surface area contributed by atoms with Crippen molar-refractivity contribution in [3.8, 4) is 0 Å². The Hall–Kier alpha value is -1.33. The first-order valence-electron chi connectivity index (χ1n) is 4.92.